The van der Waals surface area contributed by atoms with Crippen LogP contribution in [0.4, 0.5) is 0 Å². The zero-order valence-electron chi connectivity index (χ0n) is 8.96. The van der Waals surface area contributed by atoms with Crippen LogP contribution in [0.2, 0.25) is 0 Å². The molecule has 0 spiro atoms. The maximum atomic E-state index is 10.6. The fraction of sp³-hybridized carbons (Fsp3) is 0.909. The van der Waals surface area contributed by atoms with Crippen LogP contribution in [-0.4, -0.2) is 25.3 Å². The second-order valence-corrected chi connectivity index (χ2v) is 3.83. The molecule has 0 aromatic rings. The summed E-state index contributed by atoms with van der Waals surface area (Å²) in [5, 5.41) is 0. The van der Waals surface area contributed by atoms with Gasteiger partial charge in [-0.25, -0.2) is 0 Å². The Labute approximate surface area is 85.8 Å². The summed E-state index contributed by atoms with van der Waals surface area (Å²) in [6.45, 7) is 3.18. The first-order chi connectivity index (χ1) is 6.79. The highest BCUT2D eigenvalue weighted by atomic mass is 16.7. The van der Waals surface area contributed by atoms with E-state index in [1.54, 1.807) is 6.92 Å². The van der Waals surface area contributed by atoms with Gasteiger partial charge in [-0.1, -0.05) is 0 Å². The first-order valence-corrected chi connectivity index (χ1v) is 5.51. The molecule has 0 N–H and O–H groups in total. The Morgan fingerprint density at radius 1 is 1.43 bits per heavy atom. The quantitative estimate of drug-likeness (QED) is 0.617. The standard InChI is InChI=1S/C11H20O3/c1-10(12)6-2-4-8-13-11-7-3-5-9-14-11/h11H,2-9H2,1H3. The Hall–Kier alpha value is -0.410. The lowest BCUT2D eigenvalue weighted by Crippen LogP contribution is -2.22. The molecule has 0 aromatic heterocycles. The zero-order chi connectivity index (χ0) is 10.2. The molecule has 1 aliphatic heterocycles. The first-order valence-electron chi connectivity index (χ1n) is 5.51. The van der Waals surface area contributed by atoms with E-state index in [0.29, 0.717) is 6.42 Å². The van der Waals surface area contributed by atoms with Gasteiger partial charge in [0.25, 0.3) is 0 Å². The van der Waals surface area contributed by atoms with Crippen molar-refractivity contribution in [3.8, 4) is 0 Å². The van der Waals surface area contributed by atoms with E-state index in [1.807, 2.05) is 0 Å². The molecule has 3 nitrogen and oxygen atoms in total. The van der Waals surface area contributed by atoms with E-state index < -0.39 is 0 Å². The minimum Gasteiger partial charge on any atom is -0.353 e. The number of unbranched alkanes of at least 4 members (excludes halogenated alkanes) is 1. The van der Waals surface area contributed by atoms with Gasteiger partial charge < -0.3 is 14.3 Å². The minimum atomic E-state index is 0.0149. The predicted molar refractivity (Wildman–Crippen MR) is 54.1 cm³/mol. The number of hydrogen-bond donors (Lipinski definition) is 0. The largest absolute Gasteiger partial charge is 0.353 e. The number of Topliss-reactive ketones (excluding diaryl/α,β-unsaturated/α-hetero) is 1. The summed E-state index contributed by atoms with van der Waals surface area (Å²) in [4.78, 5) is 10.6. The van der Waals surface area contributed by atoms with Gasteiger partial charge in [0.2, 0.25) is 0 Å². The van der Waals surface area contributed by atoms with E-state index in [1.165, 1.54) is 6.42 Å². The van der Waals surface area contributed by atoms with Crippen molar-refractivity contribution >= 4 is 5.78 Å². The van der Waals surface area contributed by atoms with Crippen molar-refractivity contribution in [1.82, 2.24) is 0 Å². The maximum absolute atomic E-state index is 10.6. The number of ether oxygens (including phenoxy) is 2. The monoisotopic (exact) mass is 200 g/mol. The molecule has 0 amide bonds. The van der Waals surface area contributed by atoms with Crippen molar-refractivity contribution in [2.45, 2.75) is 51.7 Å². The molecule has 1 fully saturated rings. The third-order valence-corrected chi connectivity index (χ3v) is 2.36. The van der Waals surface area contributed by atoms with Crippen LogP contribution in [0.3, 0.4) is 0 Å². The number of rotatable bonds is 6. The van der Waals surface area contributed by atoms with Crippen molar-refractivity contribution in [2.24, 2.45) is 0 Å². The maximum Gasteiger partial charge on any atom is 0.157 e. The van der Waals surface area contributed by atoms with Gasteiger partial charge in [-0.3, -0.25) is 0 Å². The molecule has 1 aliphatic rings. The van der Waals surface area contributed by atoms with Crippen LogP contribution in [0, 0.1) is 0 Å². The molecule has 0 aromatic carbocycles. The second kappa shape index (κ2) is 6.96. The van der Waals surface area contributed by atoms with Gasteiger partial charge in [0.05, 0.1) is 0 Å². The number of ketones is 1. The third-order valence-electron chi connectivity index (χ3n) is 2.36. The molecule has 82 valence electrons. The molecule has 14 heavy (non-hydrogen) atoms. The molecule has 0 bridgehead atoms. The lowest BCUT2D eigenvalue weighted by molar-refractivity contribution is -0.162. The molecule has 1 rings (SSSR count). The second-order valence-electron chi connectivity index (χ2n) is 3.83. The summed E-state index contributed by atoms with van der Waals surface area (Å²) in [7, 11) is 0. The molecular weight excluding hydrogens is 180 g/mol. The van der Waals surface area contributed by atoms with Crippen molar-refractivity contribution in [1.29, 1.82) is 0 Å². The van der Waals surface area contributed by atoms with E-state index in [-0.39, 0.29) is 12.1 Å². The lowest BCUT2D eigenvalue weighted by Gasteiger charge is -2.22. The van der Waals surface area contributed by atoms with Crippen LogP contribution in [-0.2, 0) is 14.3 Å². The van der Waals surface area contributed by atoms with Gasteiger partial charge in [0.15, 0.2) is 6.29 Å². The van der Waals surface area contributed by atoms with Crippen LogP contribution in [0.1, 0.15) is 45.4 Å². The van der Waals surface area contributed by atoms with E-state index >= 15 is 0 Å². The molecule has 0 radical (unpaired) electrons. The van der Waals surface area contributed by atoms with E-state index in [4.69, 9.17) is 9.47 Å². The van der Waals surface area contributed by atoms with Gasteiger partial charge in [-0.05, 0) is 39.0 Å². The smallest absolute Gasteiger partial charge is 0.157 e. The van der Waals surface area contributed by atoms with Crippen molar-refractivity contribution < 1.29 is 14.3 Å². The van der Waals surface area contributed by atoms with Crippen LogP contribution in [0.15, 0.2) is 0 Å². The van der Waals surface area contributed by atoms with Crippen molar-refractivity contribution in [2.75, 3.05) is 13.2 Å². The van der Waals surface area contributed by atoms with Crippen molar-refractivity contribution in [3.05, 3.63) is 0 Å². The molecule has 3 heteroatoms. The summed E-state index contributed by atoms with van der Waals surface area (Å²) >= 11 is 0. The Balaban J connectivity index is 1.90. The number of carbonyl (C=O) groups excluding carboxylic acids is 1. The van der Waals surface area contributed by atoms with E-state index in [2.05, 4.69) is 0 Å². The fourth-order valence-corrected chi connectivity index (χ4v) is 1.53. The molecule has 1 heterocycles. The van der Waals surface area contributed by atoms with Crippen LogP contribution in [0.5, 0.6) is 0 Å². The number of carbonyl (C=O) groups is 1. The normalized spacial score (nSPS) is 22.2. The Morgan fingerprint density at radius 2 is 2.29 bits per heavy atom. The van der Waals surface area contributed by atoms with Gasteiger partial charge in [-0.15, -0.1) is 0 Å². The van der Waals surface area contributed by atoms with E-state index in [0.717, 1.165) is 38.9 Å². The average molecular weight is 200 g/mol. The number of hydrogen-bond acceptors (Lipinski definition) is 3. The highest BCUT2D eigenvalue weighted by molar-refractivity contribution is 5.75. The van der Waals surface area contributed by atoms with Crippen LogP contribution >= 0.6 is 0 Å². The SMILES string of the molecule is CC(=O)CCCCOC1CCCCO1. The third kappa shape index (κ3) is 5.35. The molecule has 1 atom stereocenters. The van der Waals surface area contributed by atoms with Crippen LogP contribution < -0.4 is 0 Å². The molecule has 0 saturated carbocycles. The summed E-state index contributed by atoms with van der Waals surface area (Å²) in [6.07, 6.45) is 5.96. The summed E-state index contributed by atoms with van der Waals surface area (Å²) in [5.74, 6) is 0.263. The highest BCUT2D eigenvalue weighted by Crippen LogP contribution is 2.14. The molecular formula is C11H20O3. The Kier molecular flexibility index (Phi) is 5.80. The zero-order valence-corrected chi connectivity index (χ0v) is 8.96. The lowest BCUT2D eigenvalue weighted by atomic mass is 10.2. The predicted octanol–water partition coefficient (Wildman–Crippen LogP) is 2.29. The van der Waals surface area contributed by atoms with Gasteiger partial charge >= 0.3 is 0 Å². The van der Waals surface area contributed by atoms with E-state index in [9.17, 15) is 4.79 Å². The van der Waals surface area contributed by atoms with Gasteiger partial charge in [-0.2, -0.15) is 0 Å². The molecule has 0 aliphatic carbocycles. The summed E-state index contributed by atoms with van der Waals surface area (Å²) in [6, 6.07) is 0. The van der Waals surface area contributed by atoms with Gasteiger partial charge in [0, 0.05) is 19.6 Å². The Morgan fingerprint density at radius 3 is 2.93 bits per heavy atom. The molecule has 1 unspecified atom stereocenters. The Bertz CT molecular complexity index is 162. The molecule has 1 saturated heterocycles. The van der Waals surface area contributed by atoms with Crippen LogP contribution in [0.25, 0.3) is 0 Å². The van der Waals surface area contributed by atoms with Crippen molar-refractivity contribution in [3.63, 3.8) is 0 Å². The fourth-order valence-electron chi connectivity index (χ4n) is 1.53. The minimum absolute atomic E-state index is 0.0149. The highest BCUT2D eigenvalue weighted by Gasteiger charge is 2.13. The average Bonchev–Trinajstić information content (AvgIpc) is 2.18. The van der Waals surface area contributed by atoms with Gasteiger partial charge in [0.1, 0.15) is 5.78 Å². The topological polar surface area (TPSA) is 35.5 Å². The summed E-state index contributed by atoms with van der Waals surface area (Å²) in [5.41, 5.74) is 0. The first kappa shape index (κ1) is 11.7. The summed E-state index contributed by atoms with van der Waals surface area (Å²) < 4.78 is 10.9.